The molecule has 1 atom stereocenters. The van der Waals surface area contributed by atoms with Crippen molar-refractivity contribution in [2.45, 2.75) is 19.0 Å². The number of halogens is 2. The summed E-state index contributed by atoms with van der Waals surface area (Å²) in [7, 11) is 0. The van der Waals surface area contributed by atoms with Crippen LogP contribution in [0, 0.1) is 5.82 Å². The van der Waals surface area contributed by atoms with Crippen LogP contribution >= 0.6 is 0 Å². The third-order valence-corrected chi connectivity index (χ3v) is 2.34. The summed E-state index contributed by atoms with van der Waals surface area (Å²) < 4.78 is 26.2. The minimum Gasteiger partial charge on any atom is -0.382 e. The molecule has 0 fully saturated rings. The summed E-state index contributed by atoms with van der Waals surface area (Å²) in [5.41, 5.74) is 1.35. The zero-order valence-corrected chi connectivity index (χ0v) is 7.19. The largest absolute Gasteiger partial charge is 0.382 e. The second-order valence-corrected chi connectivity index (χ2v) is 3.28. The summed E-state index contributed by atoms with van der Waals surface area (Å²) in [6, 6.07) is 4.84. The minimum atomic E-state index is -0.869. The van der Waals surface area contributed by atoms with Crippen LogP contribution in [0.5, 0.6) is 0 Å². The zero-order chi connectivity index (χ0) is 9.26. The first-order valence-corrected chi connectivity index (χ1v) is 4.42. The van der Waals surface area contributed by atoms with Gasteiger partial charge in [-0.2, -0.15) is 0 Å². The van der Waals surface area contributed by atoms with E-state index in [0.29, 0.717) is 18.4 Å². The predicted octanol–water partition coefficient (Wildman–Crippen LogP) is 2.52. The van der Waals surface area contributed by atoms with Crippen LogP contribution in [-0.4, -0.2) is 12.7 Å². The maximum atomic E-state index is 13.2. The molecule has 1 unspecified atom stereocenters. The Labute approximate surface area is 75.8 Å². The van der Waals surface area contributed by atoms with Gasteiger partial charge in [0.05, 0.1) is 0 Å². The lowest BCUT2D eigenvalue weighted by molar-refractivity contribution is 0.333. The fourth-order valence-electron chi connectivity index (χ4n) is 1.60. The molecule has 0 spiro atoms. The first kappa shape index (κ1) is 8.48. The first-order valence-electron chi connectivity index (χ1n) is 4.42. The van der Waals surface area contributed by atoms with Gasteiger partial charge < -0.3 is 5.32 Å². The minimum absolute atomic E-state index is 0.237. The van der Waals surface area contributed by atoms with E-state index in [2.05, 4.69) is 5.32 Å². The third kappa shape index (κ3) is 1.64. The standard InChI is InChI=1S/C10H11F2N/c11-7-4-5-8-9(12)2-1-3-10(8)13-6-7/h1-3,7,13H,4-6H2. The van der Waals surface area contributed by atoms with Gasteiger partial charge in [-0.15, -0.1) is 0 Å². The van der Waals surface area contributed by atoms with Gasteiger partial charge in [-0.25, -0.2) is 8.78 Å². The van der Waals surface area contributed by atoms with Crippen molar-refractivity contribution in [1.29, 1.82) is 0 Å². The lowest BCUT2D eigenvalue weighted by Gasteiger charge is -2.07. The highest BCUT2D eigenvalue weighted by molar-refractivity contribution is 5.52. The Kier molecular flexibility index (Phi) is 2.17. The Bertz CT molecular complexity index is 312. The van der Waals surface area contributed by atoms with Gasteiger partial charge in [-0.3, -0.25) is 0 Å². The van der Waals surface area contributed by atoms with Crippen LogP contribution in [0.15, 0.2) is 18.2 Å². The van der Waals surface area contributed by atoms with Crippen LogP contribution in [-0.2, 0) is 6.42 Å². The van der Waals surface area contributed by atoms with Crippen LogP contribution < -0.4 is 5.32 Å². The second kappa shape index (κ2) is 3.32. The highest BCUT2D eigenvalue weighted by Crippen LogP contribution is 2.24. The average Bonchev–Trinajstić information content (AvgIpc) is 2.30. The molecule has 2 rings (SSSR count). The van der Waals surface area contributed by atoms with Crippen molar-refractivity contribution in [2.75, 3.05) is 11.9 Å². The Morgan fingerprint density at radius 1 is 1.38 bits per heavy atom. The number of alkyl halides is 1. The van der Waals surface area contributed by atoms with Gasteiger partial charge in [0.1, 0.15) is 12.0 Å². The van der Waals surface area contributed by atoms with Crippen LogP contribution in [0.2, 0.25) is 0 Å². The van der Waals surface area contributed by atoms with Crippen LogP contribution in [0.3, 0.4) is 0 Å². The molecule has 0 saturated carbocycles. The molecule has 1 aromatic carbocycles. The van der Waals surface area contributed by atoms with E-state index in [1.54, 1.807) is 12.1 Å². The molecule has 0 saturated heterocycles. The Morgan fingerprint density at radius 3 is 3.08 bits per heavy atom. The van der Waals surface area contributed by atoms with Crippen LogP contribution in [0.1, 0.15) is 12.0 Å². The molecule has 1 aromatic rings. The fourth-order valence-corrected chi connectivity index (χ4v) is 1.60. The van der Waals surface area contributed by atoms with Gasteiger partial charge in [0.2, 0.25) is 0 Å². The van der Waals surface area contributed by atoms with Crippen molar-refractivity contribution in [2.24, 2.45) is 0 Å². The van der Waals surface area contributed by atoms with Crippen molar-refractivity contribution >= 4 is 5.69 Å². The number of anilines is 1. The molecule has 1 N–H and O–H groups in total. The Morgan fingerprint density at radius 2 is 2.23 bits per heavy atom. The molecule has 1 nitrogen and oxygen atoms in total. The summed E-state index contributed by atoms with van der Waals surface area (Å²) in [5, 5.41) is 2.90. The lowest BCUT2D eigenvalue weighted by atomic mass is 10.1. The zero-order valence-electron chi connectivity index (χ0n) is 7.19. The second-order valence-electron chi connectivity index (χ2n) is 3.28. The molecular formula is C10H11F2N. The summed E-state index contributed by atoms with van der Waals surface area (Å²) in [6.07, 6.45) is 0.0173. The average molecular weight is 183 g/mol. The van der Waals surface area contributed by atoms with Gasteiger partial charge in [-0.05, 0) is 25.0 Å². The van der Waals surface area contributed by atoms with E-state index in [0.717, 1.165) is 5.69 Å². The number of fused-ring (bicyclic) bond motifs is 1. The fraction of sp³-hybridized carbons (Fsp3) is 0.400. The van der Waals surface area contributed by atoms with Crippen molar-refractivity contribution in [3.63, 3.8) is 0 Å². The maximum Gasteiger partial charge on any atom is 0.128 e. The number of hydrogen-bond donors (Lipinski definition) is 1. The highest BCUT2D eigenvalue weighted by atomic mass is 19.1. The van der Waals surface area contributed by atoms with E-state index in [-0.39, 0.29) is 12.4 Å². The van der Waals surface area contributed by atoms with Crippen molar-refractivity contribution < 1.29 is 8.78 Å². The molecule has 0 aliphatic carbocycles. The van der Waals surface area contributed by atoms with Gasteiger partial charge in [0.15, 0.2) is 0 Å². The lowest BCUT2D eigenvalue weighted by Crippen LogP contribution is -2.12. The van der Waals surface area contributed by atoms with E-state index in [1.807, 2.05) is 0 Å². The Hall–Kier alpha value is -1.12. The van der Waals surface area contributed by atoms with Crippen LogP contribution in [0.25, 0.3) is 0 Å². The molecule has 0 radical (unpaired) electrons. The summed E-state index contributed by atoms with van der Waals surface area (Å²) in [5.74, 6) is -0.237. The number of benzene rings is 1. The third-order valence-electron chi connectivity index (χ3n) is 2.34. The summed E-state index contributed by atoms with van der Waals surface area (Å²) in [4.78, 5) is 0. The molecule has 1 aliphatic heterocycles. The van der Waals surface area contributed by atoms with Crippen molar-refractivity contribution in [3.05, 3.63) is 29.6 Å². The summed E-state index contributed by atoms with van der Waals surface area (Å²) >= 11 is 0. The highest BCUT2D eigenvalue weighted by Gasteiger charge is 2.16. The molecule has 1 aliphatic rings. The molecule has 70 valence electrons. The topological polar surface area (TPSA) is 12.0 Å². The molecule has 13 heavy (non-hydrogen) atoms. The van der Waals surface area contributed by atoms with Crippen molar-refractivity contribution in [1.82, 2.24) is 0 Å². The molecule has 0 bridgehead atoms. The first-order chi connectivity index (χ1) is 6.27. The van der Waals surface area contributed by atoms with Crippen LogP contribution in [0.4, 0.5) is 14.5 Å². The normalized spacial score (nSPS) is 21.5. The van der Waals surface area contributed by atoms with E-state index in [4.69, 9.17) is 0 Å². The molecule has 1 heterocycles. The predicted molar refractivity (Wildman–Crippen MR) is 48.1 cm³/mol. The van der Waals surface area contributed by atoms with Gasteiger partial charge in [0.25, 0.3) is 0 Å². The van der Waals surface area contributed by atoms with Gasteiger partial charge in [-0.1, -0.05) is 6.07 Å². The molecule has 0 amide bonds. The van der Waals surface area contributed by atoms with E-state index >= 15 is 0 Å². The maximum absolute atomic E-state index is 13.2. The van der Waals surface area contributed by atoms with Crippen molar-refractivity contribution in [3.8, 4) is 0 Å². The molecule has 3 heteroatoms. The van der Waals surface area contributed by atoms with Gasteiger partial charge in [0, 0.05) is 17.8 Å². The van der Waals surface area contributed by atoms with E-state index in [1.165, 1.54) is 6.07 Å². The number of hydrogen-bond acceptors (Lipinski definition) is 1. The Balaban J connectivity index is 2.35. The number of nitrogens with one attached hydrogen (secondary N) is 1. The molecular weight excluding hydrogens is 172 g/mol. The SMILES string of the molecule is Fc1cccc2c1CCC(F)CN2. The quantitative estimate of drug-likeness (QED) is 0.651. The molecule has 0 aromatic heterocycles. The van der Waals surface area contributed by atoms with Gasteiger partial charge >= 0.3 is 0 Å². The summed E-state index contributed by atoms with van der Waals surface area (Å²) in [6.45, 7) is 0.288. The van der Waals surface area contributed by atoms with E-state index < -0.39 is 6.17 Å². The van der Waals surface area contributed by atoms with E-state index in [9.17, 15) is 8.78 Å². The number of rotatable bonds is 0. The monoisotopic (exact) mass is 183 g/mol. The smallest absolute Gasteiger partial charge is 0.128 e.